The van der Waals surface area contributed by atoms with Crippen LogP contribution >= 0.6 is 0 Å². The molecule has 2 radical (unpaired) electrons. The summed E-state index contributed by atoms with van der Waals surface area (Å²) in [6.07, 6.45) is 0.0833. The van der Waals surface area contributed by atoms with E-state index in [0.717, 1.165) is 0 Å². The zero-order valence-electron chi connectivity index (χ0n) is 5.23. The van der Waals surface area contributed by atoms with Crippen molar-refractivity contribution in [3.8, 4) is 0 Å². The number of hydrogen-bond donors (Lipinski definition) is 0. The van der Waals surface area contributed by atoms with Crippen molar-refractivity contribution < 1.29 is 9.59 Å². The minimum Gasteiger partial charge on any atom is -0.300 e. The number of carbonyl (C=O) groups is 2. The summed E-state index contributed by atoms with van der Waals surface area (Å²) in [4.78, 5) is 20.1. The van der Waals surface area contributed by atoms with Crippen molar-refractivity contribution in [2.45, 2.75) is 20.3 Å². The third-order valence-electron chi connectivity index (χ3n) is 0.498. The second-order valence-electron chi connectivity index (χ2n) is 1.58. The highest BCUT2D eigenvalue weighted by Gasteiger charge is 1.94. The van der Waals surface area contributed by atoms with Crippen molar-refractivity contribution in [2.24, 2.45) is 0 Å². The molecule has 0 rings (SSSR count). The Labute approximate surface area is 64.8 Å². The molecule has 0 aromatic heterocycles. The summed E-state index contributed by atoms with van der Waals surface area (Å²) in [5.41, 5.74) is 0. The average Bonchev–Trinajstić information content (AvgIpc) is 1.27. The van der Waals surface area contributed by atoms with E-state index in [4.69, 9.17) is 0 Å². The quantitative estimate of drug-likeness (QED) is 0.389. The van der Waals surface area contributed by atoms with Crippen LogP contribution in [0.5, 0.6) is 0 Å². The smallest absolute Gasteiger partial charge is 0.137 e. The first-order chi connectivity index (χ1) is 3.13. The molecule has 0 heterocycles. The molecule has 0 bridgehead atoms. The van der Waals surface area contributed by atoms with Crippen LogP contribution in [0, 0.1) is 0 Å². The molecule has 0 aliphatic carbocycles. The Hall–Kier alpha value is 0.106. The Balaban J connectivity index is 0. The van der Waals surface area contributed by atoms with Gasteiger partial charge in [-0.25, -0.2) is 0 Å². The van der Waals surface area contributed by atoms with Gasteiger partial charge in [-0.05, 0) is 13.8 Å². The van der Waals surface area contributed by atoms with Crippen molar-refractivity contribution in [2.75, 3.05) is 0 Å². The molecular weight excluding hydrogens is 116 g/mol. The van der Waals surface area contributed by atoms with Crippen LogP contribution in [0.2, 0.25) is 0 Å². The van der Waals surface area contributed by atoms with Gasteiger partial charge in [0.25, 0.3) is 0 Å². The first kappa shape index (κ1) is 11.0. The van der Waals surface area contributed by atoms with Gasteiger partial charge >= 0.3 is 0 Å². The van der Waals surface area contributed by atoms with E-state index in [2.05, 4.69) is 0 Å². The van der Waals surface area contributed by atoms with Crippen LogP contribution in [-0.2, 0) is 9.59 Å². The van der Waals surface area contributed by atoms with Crippen LogP contribution in [-0.4, -0.2) is 34.6 Å². The maximum Gasteiger partial charge on any atom is 0.137 e. The largest absolute Gasteiger partial charge is 0.300 e. The Morgan fingerprint density at radius 1 is 1.12 bits per heavy atom. The van der Waals surface area contributed by atoms with Gasteiger partial charge in [0.05, 0.1) is 6.42 Å². The SMILES string of the molecule is CC(=O)CC(C)=O.[Mg]. The molecule has 0 saturated carbocycles. The molecule has 42 valence electrons. The lowest BCUT2D eigenvalue weighted by Gasteiger charge is -1.81. The Morgan fingerprint density at radius 2 is 1.38 bits per heavy atom. The molecule has 0 amide bonds. The molecule has 0 unspecified atom stereocenters. The molecule has 0 aliphatic heterocycles. The first-order valence-electron chi connectivity index (χ1n) is 2.12. The molecule has 2 nitrogen and oxygen atoms in total. The fourth-order valence-corrected chi connectivity index (χ4v) is 0.351. The second-order valence-corrected chi connectivity index (χ2v) is 1.58. The van der Waals surface area contributed by atoms with Crippen LogP contribution in [0.25, 0.3) is 0 Å². The minimum atomic E-state index is -0.0625. The highest BCUT2D eigenvalue weighted by atomic mass is 24.3. The molecule has 0 spiro atoms. The normalized spacial score (nSPS) is 7.25. The van der Waals surface area contributed by atoms with Gasteiger partial charge in [-0.2, -0.15) is 0 Å². The van der Waals surface area contributed by atoms with Crippen molar-refractivity contribution >= 4 is 34.6 Å². The molecule has 8 heavy (non-hydrogen) atoms. The standard InChI is InChI=1S/C5H8O2.Mg/c1-4(6)3-5(2)7;/h3H2,1-2H3;. The molecule has 0 aromatic rings. The molecule has 0 fully saturated rings. The lowest BCUT2D eigenvalue weighted by Crippen LogP contribution is -1.97. The van der Waals surface area contributed by atoms with Gasteiger partial charge in [0.15, 0.2) is 0 Å². The van der Waals surface area contributed by atoms with Crippen LogP contribution < -0.4 is 0 Å². The number of ketones is 2. The number of rotatable bonds is 2. The predicted molar refractivity (Wildman–Crippen MR) is 31.7 cm³/mol. The van der Waals surface area contributed by atoms with Gasteiger partial charge < -0.3 is 0 Å². The van der Waals surface area contributed by atoms with Gasteiger partial charge in [0.2, 0.25) is 0 Å². The molecule has 3 heteroatoms. The Morgan fingerprint density at radius 3 is 1.38 bits per heavy atom. The van der Waals surface area contributed by atoms with E-state index in [1.807, 2.05) is 0 Å². The second kappa shape index (κ2) is 5.25. The van der Waals surface area contributed by atoms with Gasteiger partial charge in [-0.1, -0.05) is 0 Å². The summed E-state index contributed by atoms with van der Waals surface area (Å²) >= 11 is 0. The van der Waals surface area contributed by atoms with E-state index in [1.54, 1.807) is 0 Å². The zero-order chi connectivity index (χ0) is 5.86. The summed E-state index contributed by atoms with van der Waals surface area (Å²) in [7, 11) is 0. The maximum atomic E-state index is 10.0. The summed E-state index contributed by atoms with van der Waals surface area (Å²) in [6, 6.07) is 0. The Kier molecular flexibility index (Phi) is 7.20. The third kappa shape index (κ3) is 9.44. The van der Waals surface area contributed by atoms with Gasteiger partial charge in [0, 0.05) is 23.1 Å². The number of hydrogen-bond acceptors (Lipinski definition) is 2. The van der Waals surface area contributed by atoms with Crippen LogP contribution in [0.1, 0.15) is 20.3 Å². The van der Waals surface area contributed by atoms with Crippen molar-refractivity contribution in [3.05, 3.63) is 0 Å². The molecule has 0 aliphatic rings. The van der Waals surface area contributed by atoms with Gasteiger partial charge in [-0.3, -0.25) is 9.59 Å². The van der Waals surface area contributed by atoms with E-state index in [1.165, 1.54) is 13.8 Å². The summed E-state index contributed by atoms with van der Waals surface area (Å²) in [5.74, 6) is -0.125. The maximum absolute atomic E-state index is 10.0. The van der Waals surface area contributed by atoms with Crippen molar-refractivity contribution in [1.82, 2.24) is 0 Å². The fourth-order valence-electron chi connectivity index (χ4n) is 0.351. The average molecular weight is 124 g/mol. The predicted octanol–water partition coefficient (Wildman–Crippen LogP) is 0.174. The van der Waals surface area contributed by atoms with Gasteiger partial charge in [-0.15, -0.1) is 0 Å². The monoisotopic (exact) mass is 124 g/mol. The van der Waals surface area contributed by atoms with E-state index in [9.17, 15) is 9.59 Å². The van der Waals surface area contributed by atoms with Crippen LogP contribution in [0.15, 0.2) is 0 Å². The van der Waals surface area contributed by atoms with E-state index < -0.39 is 0 Å². The summed E-state index contributed by atoms with van der Waals surface area (Å²) in [5, 5.41) is 0. The third-order valence-corrected chi connectivity index (χ3v) is 0.498. The van der Waals surface area contributed by atoms with E-state index in [0.29, 0.717) is 0 Å². The minimum absolute atomic E-state index is 0. The Bertz CT molecular complexity index is 86.6. The lowest BCUT2D eigenvalue weighted by molar-refractivity contribution is -0.124. The number of carbonyl (C=O) groups excluding carboxylic acids is 2. The number of Topliss-reactive ketones (excluding diaryl/α,β-unsaturated/α-hetero) is 2. The van der Waals surface area contributed by atoms with Gasteiger partial charge in [0.1, 0.15) is 11.6 Å². The highest BCUT2D eigenvalue weighted by Crippen LogP contribution is 1.80. The first-order valence-corrected chi connectivity index (χ1v) is 2.12. The molecule has 0 N–H and O–H groups in total. The summed E-state index contributed by atoms with van der Waals surface area (Å²) in [6.45, 7) is 2.81. The fraction of sp³-hybridized carbons (Fsp3) is 0.600. The summed E-state index contributed by atoms with van der Waals surface area (Å²) < 4.78 is 0. The molecule has 0 aromatic carbocycles. The molecule has 0 atom stereocenters. The van der Waals surface area contributed by atoms with Crippen LogP contribution in [0.4, 0.5) is 0 Å². The molecular formula is C5H8MgO2. The topological polar surface area (TPSA) is 34.1 Å². The van der Waals surface area contributed by atoms with E-state index in [-0.39, 0.29) is 41.0 Å². The zero-order valence-corrected chi connectivity index (χ0v) is 6.64. The lowest BCUT2D eigenvalue weighted by atomic mass is 10.2. The molecule has 0 saturated heterocycles. The van der Waals surface area contributed by atoms with Crippen molar-refractivity contribution in [1.29, 1.82) is 0 Å². The highest BCUT2D eigenvalue weighted by molar-refractivity contribution is 5.96. The van der Waals surface area contributed by atoms with Crippen LogP contribution in [0.3, 0.4) is 0 Å². The van der Waals surface area contributed by atoms with Crippen molar-refractivity contribution in [3.63, 3.8) is 0 Å². The van der Waals surface area contributed by atoms with E-state index >= 15 is 0 Å².